The predicted octanol–water partition coefficient (Wildman–Crippen LogP) is 4.67. The average Bonchev–Trinajstić information content (AvgIpc) is 2.78. The van der Waals surface area contributed by atoms with Crippen LogP contribution in [0.15, 0.2) is 70.6 Å². The molecule has 0 aliphatic rings. The normalized spacial score (nSPS) is 11.2. The molecule has 0 bridgehead atoms. The Morgan fingerprint density at radius 3 is 2.52 bits per heavy atom. The van der Waals surface area contributed by atoms with Gasteiger partial charge in [-0.25, -0.2) is 4.98 Å². The summed E-state index contributed by atoms with van der Waals surface area (Å²) >= 11 is 7.18. The number of carbonyl (C=O) groups excluding carboxylic acids is 1. The molecule has 5 nitrogen and oxygen atoms in total. The van der Waals surface area contributed by atoms with Crippen LogP contribution in [-0.2, 0) is 17.8 Å². The molecule has 158 valence electrons. The maximum absolute atomic E-state index is 13.0. The molecular weight excluding hydrogens is 430 g/mol. The smallest absolute Gasteiger partial charge is 0.262 e. The van der Waals surface area contributed by atoms with Crippen LogP contribution in [0.25, 0.3) is 21.7 Å². The summed E-state index contributed by atoms with van der Waals surface area (Å²) in [5.74, 6) is 0.112. The van der Waals surface area contributed by atoms with Crippen LogP contribution in [0.1, 0.15) is 12.5 Å². The van der Waals surface area contributed by atoms with Crippen molar-refractivity contribution in [3.63, 3.8) is 0 Å². The highest BCUT2D eigenvalue weighted by Crippen LogP contribution is 2.22. The Morgan fingerprint density at radius 2 is 1.81 bits per heavy atom. The van der Waals surface area contributed by atoms with Crippen molar-refractivity contribution in [2.24, 2.45) is 0 Å². The van der Waals surface area contributed by atoms with E-state index in [9.17, 15) is 9.59 Å². The van der Waals surface area contributed by atoms with Crippen LogP contribution in [0.5, 0.6) is 0 Å². The molecule has 0 aliphatic heterocycles. The van der Waals surface area contributed by atoms with E-state index in [1.165, 1.54) is 11.8 Å². The number of thioether (sulfide) groups is 1. The largest absolute Gasteiger partial charge is 0.355 e. The number of benzene rings is 3. The number of halogens is 1. The molecule has 1 aromatic heterocycles. The van der Waals surface area contributed by atoms with Gasteiger partial charge in [0, 0.05) is 18.1 Å². The van der Waals surface area contributed by atoms with Crippen LogP contribution in [0, 0.1) is 0 Å². The molecule has 0 unspecified atom stereocenters. The lowest BCUT2D eigenvalue weighted by molar-refractivity contribution is -0.118. The number of hydrogen-bond acceptors (Lipinski definition) is 4. The molecule has 0 radical (unpaired) electrons. The fraction of sp³-hybridized carbons (Fsp3) is 0.208. The van der Waals surface area contributed by atoms with Crippen LogP contribution < -0.4 is 10.9 Å². The van der Waals surface area contributed by atoms with Gasteiger partial charge in [-0.05, 0) is 53.9 Å². The van der Waals surface area contributed by atoms with E-state index in [4.69, 9.17) is 16.6 Å². The summed E-state index contributed by atoms with van der Waals surface area (Å²) in [5.41, 5.74) is 1.68. The standard InChI is InChI=1S/C24H22ClN3O2S/c1-2-28-23(30)20-13-17-5-3-4-6-18(17)14-21(20)27-24(28)31-15-22(29)26-12-11-16-7-9-19(25)10-8-16/h3-10,13-14H,2,11-12,15H2,1H3,(H,26,29). The Kier molecular flexibility index (Phi) is 6.59. The Morgan fingerprint density at radius 1 is 1.10 bits per heavy atom. The van der Waals surface area contributed by atoms with E-state index < -0.39 is 0 Å². The van der Waals surface area contributed by atoms with E-state index in [1.807, 2.05) is 67.6 Å². The lowest BCUT2D eigenvalue weighted by Crippen LogP contribution is -2.28. The molecule has 31 heavy (non-hydrogen) atoms. The van der Waals surface area contributed by atoms with E-state index in [2.05, 4.69) is 5.32 Å². The molecule has 0 aliphatic carbocycles. The maximum Gasteiger partial charge on any atom is 0.262 e. The molecule has 4 rings (SSSR count). The molecule has 0 saturated heterocycles. The van der Waals surface area contributed by atoms with E-state index in [-0.39, 0.29) is 17.2 Å². The van der Waals surface area contributed by atoms with Crippen molar-refractivity contribution in [1.82, 2.24) is 14.9 Å². The predicted molar refractivity (Wildman–Crippen MR) is 128 cm³/mol. The zero-order chi connectivity index (χ0) is 21.8. The quantitative estimate of drug-likeness (QED) is 0.252. The van der Waals surface area contributed by atoms with Gasteiger partial charge in [0.05, 0.1) is 16.7 Å². The van der Waals surface area contributed by atoms with Gasteiger partial charge in [-0.15, -0.1) is 0 Å². The molecule has 0 spiro atoms. The molecular formula is C24H22ClN3O2S. The summed E-state index contributed by atoms with van der Waals surface area (Å²) in [6.45, 7) is 2.94. The number of hydrogen-bond donors (Lipinski definition) is 1. The molecule has 1 amide bonds. The third-order valence-electron chi connectivity index (χ3n) is 5.08. The van der Waals surface area contributed by atoms with Gasteiger partial charge >= 0.3 is 0 Å². The number of aromatic nitrogens is 2. The first-order chi connectivity index (χ1) is 15.0. The van der Waals surface area contributed by atoms with Gasteiger partial charge in [-0.3, -0.25) is 14.2 Å². The second-order valence-corrected chi connectivity index (χ2v) is 8.55. The zero-order valence-corrected chi connectivity index (χ0v) is 18.7. The molecule has 0 fully saturated rings. The maximum atomic E-state index is 13.0. The second kappa shape index (κ2) is 9.54. The third-order valence-corrected chi connectivity index (χ3v) is 6.31. The Hall–Kier alpha value is -2.83. The van der Waals surface area contributed by atoms with Crippen LogP contribution >= 0.6 is 23.4 Å². The van der Waals surface area contributed by atoms with Crippen LogP contribution in [0.2, 0.25) is 5.02 Å². The van der Waals surface area contributed by atoms with Gasteiger partial charge in [0.15, 0.2) is 5.16 Å². The SMILES string of the molecule is CCn1c(SCC(=O)NCCc2ccc(Cl)cc2)nc2cc3ccccc3cc2c1=O. The minimum atomic E-state index is -0.0885. The van der Waals surface area contributed by atoms with Crippen molar-refractivity contribution >= 4 is 50.9 Å². The minimum absolute atomic E-state index is 0.0797. The van der Waals surface area contributed by atoms with Crippen molar-refractivity contribution in [3.05, 3.63) is 81.6 Å². The fourth-order valence-corrected chi connectivity index (χ4v) is 4.47. The number of nitrogens with one attached hydrogen (secondary N) is 1. The Labute approximate surface area is 189 Å². The van der Waals surface area contributed by atoms with Crippen molar-refractivity contribution in [2.75, 3.05) is 12.3 Å². The van der Waals surface area contributed by atoms with E-state index in [1.54, 1.807) is 4.57 Å². The summed E-state index contributed by atoms with van der Waals surface area (Å²) in [4.78, 5) is 30.0. The lowest BCUT2D eigenvalue weighted by Gasteiger charge is -2.12. The molecule has 1 heterocycles. The molecule has 0 atom stereocenters. The van der Waals surface area contributed by atoms with Gasteiger partial charge in [-0.2, -0.15) is 0 Å². The molecule has 1 N–H and O–H groups in total. The summed E-state index contributed by atoms with van der Waals surface area (Å²) < 4.78 is 1.63. The first-order valence-corrected chi connectivity index (χ1v) is 11.5. The van der Waals surface area contributed by atoms with Gasteiger partial charge < -0.3 is 5.32 Å². The molecule has 0 saturated carbocycles. The summed E-state index contributed by atoms with van der Waals surface area (Å²) in [5, 5.41) is 6.82. The van der Waals surface area contributed by atoms with E-state index in [0.717, 1.165) is 22.8 Å². The van der Waals surface area contributed by atoms with Crippen molar-refractivity contribution in [2.45, 2.75) is 25.0 Å². The zero-order valence-electron chi connectivity index (χ0n) is 17.1. The van der Waals surface area contributed by atoms with E-state index in [0.29, 0.717) is 34.2 Å². The van der Waals surface area contributed by atoms with Crippen LogP contribution in [-0.4, -0.2) is 27.8 Å². The van der Waals surface area contributed by atoms with Crippen LogP contribution in [0.3, 0.4) is 0 Å². The first kappa shape index (κ1) is 21.4. The summed E-state index contributed by atoms with van der Waals surface area (Å²) in [7, 11) is 0. The number of carbonyl (C=O) groups is 1. The average molecular weight is 452 g/mol. The number of fused-ring (bicyclic) bond motifs is 2. The third kappa shape index (κ3) is 4.92. The van der Waals surface area contributed by atoms with Gasteiger partial charge in [0.2, 0.25) is 5.91 Å². The van der Waals surface area contributed by atoms with Crippen LogP contribution in [0.4, 0.5) is 0 Å². The second-order valence-electron chi connectivity index (χ2n) is 7.18. The highest BCUT2D eigenvalue weighted by atomic mass is 35.5. The first-order valence-electron chi connectivity index (χ1n) is 10.1. The fourth-order valence-electron chi connectivity index (χ4n) is 3.46. The van der Waals surface area contributed by atoms with Gasteiger partial charge in [-0.1, -0.05) is 59.8 Å². The van der Waals surface area contributed by atoms with Gasteiger partial charge in [0.25, 0.3) is 5.56 Å². The number of amides is 1. The minimum Gasteiger partial charge on any atom is -0.355 e. The molecule has 4 aromatic rings. The van der Waals surface area contributed by atoms with Gasteiger partial charge in [0.1, 0.15) is 0 Å². The van der Waals surface area contributed by atoms with Crippen molar-refractivity contribution in [3.8, 4) is 0 Å². The highest BCUT2D eigenvalue weighted by Gasteiger charge is 2.13. The topological polar surface area (TPSA) is 64.0 Å². The Bertz CT molecular complexity index is 1300. The molecule has 3 aromatic carbocycles. The number of nitrogens with zero attached hydrogens (tertiary/aromatic N) is 2. The number of rotatable bonds is 7. The molecule has 7 heteroatoms. The summed E-state index contributed by atoms with van der Waals surface area (Å²) in [6.07, 6.45) is 0.731. The van der Waals surface area contributed by atoms with E-state index >= 15 is 0 Å². The van der Waals surface area contributed by atoms with Crippen molar-refractivity contribution < 1.29 is 4.79 Å². The monoisotopic (exact) mass is 451 g/mol. The summed E-state index contributed by atoms with van der Waals surface area (Å²) in [6, 6.07) is 19.3. The lowest BCUT2D eigenvalue weighted by atomic mass is 10.1. The Balaban J connectivity index is 1.46. The highest BCUT2D eigenvalue weighted by molar-refractivity contribution is 7.99. The van der Waals surface area contributed by atoms with Crippen molar-refractivity contribution in [1.29, 1.82) is 0 Å².